The minimum atomic E-state index is -0.351. The van der Waals surface area contributed by atoms with Crippen LogP contribution in [-0.2, 0) is 0 Å². The summed E-state index contributed by atoms with van der Waals surface area (Å²) in [6.07, 6.45) is 3.04. The summed E-state index contributed by atoms with van der Waals surface area (Å²) in [5, 5.41) is 9.36. The fourth-order valence-electron chi connectivity index (χ4n) is 4.31. The van der Waals surface area contributed by atoms with Crippen LogP contribution in [0.4, 0.5) is 26.7 Å². The second-order valence-electron chi connectivity index (χ2n) is 8.60. The fraction of sp³-hybridized carbons (Fsp3) is 0.417. The van der Waals surface area contributed by atoms with Gasteiger partial charge in [0.05, 0.1) is 29.8 Å². The lowest BCUT2D eigenvalue weighted by Crippen LogP contribution is -2.38. The van der Waals surface area contributed by atoms with Crippen molar-refractivity contribution in [2.75, 3.05) is 54.4 Å². The standard InChI is InChI=1S/C24H29FN6OS/c1-16(2)31-10-11-32-23-19(25)12-17(13-21(23)31)20-15-33-24(28-20)29-22-5-4-18(14-27-22)30-8-3-6-26-7-9-30/h4-5,12-16,26H,3,6-11H2,1-2H3,(H,27,28,29). The zero-order valence-electron chi connectivity index (χ0n) is 19.0. The highest BCUT2D eigenvalue weighted by Crippen LogP contribution is 2.39. The summed E-state index contributed by atoms with van der Waals surface area (Å²) in [5.74, 6) is 0.719. The lowest BCUT2D eigenvalue weighted by molar-refractivity contribution is 0.287. The van der Waals surface area contributed by atoms with Crippen LogP contribution in [0.15, 0.2) is 35.8 Å². The quantitative estimate of drug-likeness (QED) is 0.572. The number of pyridine rings is 1. The molecule has 1 aromatic carbocycles. The zero-order valence-corrected chi connectivity index (χ0v) is 19.8. The van der Waals surface area contributed by atoms with Crippen LogP contribution in [0.2, 0.25) is 0 Å². The van der Waals surface area contributed by atoms with E-state index >= 15 is 0 Å². The van der Waals surface area contributed by atoms with Gasteiger partial charge < -0.3 is 25.2 Å². The predicted molar refractivity (Wildman–Crippen MR) is 133 cm³/mol. The average molecular weight is 469 g/mol. The molecule has 0 bridgehead atoms. The van der Waals surface area contributed by atoms with E-state index in [9.17, 15) is 4.39 Å². The van der Waals surface area contributed by atoms with Crippen LogP contribution in [0.5, 0.6) is 5.75 Å². The van der Waals surface area contributed by atoms with Gasteiger partial charge in [0.1, 0.15) is 12.4 Å². The van der Waals surface area contributed by atoms with Gasteiger partial charge in [0.2, 0.25) is 0 Å². The number of fused-ring (bicyclic) bond motifs is 1. The van der Waals surface area contributed by atoms with Gasteiger partial charge in [-0.25, -0.2) is 14.4 Å². The topological polar surface area (TPSA) is 65.6 Å². The Morgan fingerprint density at radius 3 is 2.91 bits per heavy atom. The molecule has 33 heavy (non-hydrogen) atoms. The molecule has 0 radical (unpaired) electrons. The first-order valence-electron chi connectivity index (χ1n) is 11.5. The molecule has 0 aliphatic carbocycles. The normalized spacial score (nSPS) is 16.4. The molecule has 0 saturated carbocycles. The van der Waals surface area contributed by atoms with E-state index < -0.39 is 0 Å². The van der Waals surface area contributed by atoms with Crippen molar-refractivity contribution in [3.05, 3.63) is 41.7 Å². The molecule has 0 atom stereocenters. The Labute approximate surface area is 197 Å². The number of benzene rings is 1. The van der Waals surface area contributed by atoms with Crippen molar-refractivity contribution in [3.63, 3.8) is 0 Å². The molecular formula is C24H29FN6OS. The summed E-state index contributed by atoms with van der Waals surface area (Å²) in [4.78, 5) is 13.8. The highest BCUT2D eigenvalue weighted by atomic mass is 32.1. The molecule has 4 heterocycles. The molecule has 7 nitrogen and oxygen atoms in total. The Kier molecular flexibility index (Phi) is 6.32. The summed E-state index contributed by atoms with van der Waals surface area (Å²) >= 11 is 1.48. The number of hydrogen-bond donors (Lipinski definition) is 2. The molecule has 0 spiro atoms. The lowest BCUT2D eigenvalue weighted by Gasteiger charge is -2.34. The van der Waals surface area contributed by atoms with Crippen LogP contribution in [0.25, 0.3) is 11.3 Å². The number of nitrogens with zero attached hydrogens (tertiary/aromatic N) is 4. The molecule has 1 fully saturated rings. The Balaban J connectivity index is 1.32. The first kappa shape index (κ1) is 21.9. The van der Waals surface area contributed by atoms with Crippen LogP contribution in [0.1, 0.15) is 20.3 Å². The molecule has 0 unspecified atom stereocenters. The summed E-state index contributed by atoms with van der Waals surface area (Å²) in [6.45, 7) is 9.52. The summed E-state index contributed by atoms with van der Waals surface area (Å²) in [5.41, 5.74) is 3.39. The average Bonchev–Trinajstić information content (AvgIpc) is 3.11. The molecule has 2 aliphatic heterocycles. The minimum Gasteiger partial charge on any atom is -0.486 e. The van der Waals surface area contributed by atoms with E-state index in [1.54, 1.807) is 0 Å². The number of anilines is 4. The third kappa shape index (κ3) is 4.74. The van der Waals surface area contributed by atoms with Gasteiger partial charge in [0, 0.05) is 36.6 Å². The number of ether oxygens (including phenoxy) is 1. The third-order valence-corrected chi connectivity index (χ3v) is 6.78. The molecular weight excluding hydrogens is 439 g/mol. The van der Waals surface area contributed by atoms with Crippen LogP contribution in [-0.4, -0.2) is 55.3 Å². The van der Waals surface area contributed by atoms with E-state index in [1.165, 1.54) is 17.4 Å². The lowest BCUT2D eigenvalue weighted by atomic mass is 10.1. The van der Waals surface area contributed by atoms with Gasteiger partial charge in [-0.3, -0.25) is 0 Å². The fourth-order valence-corrected chi connectivity index (χ4v) is 5.04. The second kappa shape index (κ2) is 9.52. The highest BCUT2D eigenvalue weighted by Gasteiger charge is 2.25. The Morgan fingerprint density at radius 2 is 2.09 bits per heavy atom. The third-order valence-electron chi connectivity index (χ3n) is 6.02. The van der Waals surface area contributed by atoms with Gasteiger partial charge in [-0.2, -0.15) is 0 Å². The van der Waals surface area contributed by atoms with Crippen molar-refractivity contribution in [2.45, 2.75) is 26.3 Å². The van der Waals surface area contributed by atoms with Crippen molar-refractivity contribution in [3.8, 4) is 17.0 Å². The molecule has 2 N–H and O–H groups in total. The van der Waals surface area contributed by atoms with Crippen molar-refractivity contribution in [2.24, 2.45) is 0 Å². The summed E-state index contributed by atoms with van der Waals surface area (Å²) in [6, 6.07) is 7.80. The molecule has 9 heteroatoms. The smallest absolute Gasteiger partial charge is 0.188 e. The Morgan fingerprint density at radius 1 is 1.18 bits per heavy atom. The number of aromatic nitrogens is 2. The van der Waals surface area contributed by atoms with Crippen LogP contribution in [0, 0.1) is 5.82 Å². The van der Waals surface area contributed by atoms with E-state index in [0.29, 0.717) is 12.4 Å². The molecule has 2 aromatic heterocycles. The van der Waals surface area contributed by atoms with E-state index in [4.69, 9.17) is 4.74 Å². The largest absolute Gasteiger partial charge is 0.486 e. The van der Waals surface area contributed by atoms with E-state index in [-0.39, 0.29) is 11.9 Å². The minimum absolute atomic E-state index is 0.259. The molecule has 3 aromatic rings. The monoisotopic (exact) mass is 468 g/mol. The predicted octanol–water partition coefficient (Wildman–Crippen LogP) is 4.49. The first-order chi connectivity index (χ1) is 16.1. The van der Waals surface area contributed by atoms with Gasteiger partial charge in [-0.15, -0.1) is 11.3 Å². The Hall–Kier alpha value is -2.91. The van der Waals surface area contributed by atoms with Gasteiger partial charge >= 0.3 is 0 Å². The van der Waals surface area contributed by atoms with Crippen molar-refractivity contribution in [1.82, 2.24) is 15.3 Å². The van der Waals surface area contributed by atoms with Gasteiger partial charge in [0.15, 0.2) is 16.7 Å². The molecule has 1 saturated heterocycles. The maximum atomic E-state index is 14.8. The number of halogens is 1. The second-order valence-corrected chi connectivity index (χ2v) is 9.46. The number of nitrogens with one attached hydrogen (secondary N) is 2. The van der Waals surface area contributed by atoms with Gasteiger partial charge in [-0.05, 0) is 51.1 Å². The van der Waals surface area contributed by atoms with E-state index in [0.717, 1.165) is 72.7 Å². The van der Waals surface area contributed by atoms with Crippen LogP contribution >= 0.6 is 11.3 Å². The summed E-state index contributed by atoms with van der Waals surface area (Å²) in [7, 11) is 0. The van der Waals surface area contributed by atoms with E-state index in [2.05, 4.69) is 50.3 Å². The summed E-state index contributed by atoms with van der Waals surface area (Å²) < 4.78 is 20.4. The van der Waals surface area contributed by atoms with Crippen molar-refractivity contribution < 1.29 is 9.13 Å². The molecule has 5 rings (SSSR count). The van der Waals surface area contributed by atoms with Crippen LogP contribution in [0.3, 0.4) is 0 Å². The zero-order chi connectivity index (χ0) is 22.8. The van der Waals surface area contributed by atoms with Crippen molar-refractivity contribution >= 4 is 33.7 Å². The van der Waals surface area contributed by atoms with Gasteiger partial charge in [-0.1, -0.05) is 0 Å². The first-order valence-corrected chi connectivity index (χ1v) is 12.3. The Bertz CT molecular complexity index is 1090. The maximum absolute atomic E-state index is 14.8. The number of thiazole rings is 1. The molecule has 0 amide bonds. The maximum Gasteiger partial charge on any atom is 0.188 e. The number of hydrogen-bond acceptors (Lipinski definition) is 8. The molecule has 174 valence electrons. The highest BCUT2D eigenvalue weighted by molar-refractivity contribution is 7.14. The van der Waals surface area contributed by atoms with Gasteiger partial charge in [0.25, 0.3) is 0 Å². The molecule has 2 aliphatic rings. The number of rotatable bonds is 5. The van der Waals surface area contributed by atoms with E-state index in [1.807, 2.05) is 23.7 Å². The SMILES string of the molecule is CC(C)N1CCOc2c(F)cc(-c3csc(Nc4ccc(N5CCCNCC5)cn4)n3)cc21. The van der Waals surface area contributed by atoms with Crippen LogP contribution < -0.4 is 25.2 Å². The van der Waals surface area contributed by atoms with Crippen molar-refractivity contribution in [1.29, 1.82) is 0 Å².